The third kappa shape index (κ3) is 4.73. The molecule has 2 heterocycles. The second kappa shape index (κ2) is 9.79. The first-order valence-electron chi connectivity index (χ1n) is 11.4. The smallest absolute Gasteiger partial charge is 0.0958 e. The summed E-state index contributed by atoms with van der Waals surface area (Å²) in [6, 6.07) is 27.5. The summed E-state index contributed by atoms with van der Waals surface area (Å²) in [5.41, 5.74) is 5.94. The summed E-state index contributed by atoms with van der Waals surface area (Å²) >= 11 is 0. The average molecular weight is 424 g/mol. The van der Waals surface area contributed by atoms with Crippen LogP contribution in [-0.2, 0) is 19.6 Å². The zero-order valence-corrected chi connectivity index (χ0v) is 18.3. The molecule has 162 valence electrons. The Morgan fingerprint density at radius 2 is 1.09 bits per heavy atom. The Morgan fingerprint density at radius 1 is 0.594 bits per heavy atom. The molecule has 0 saturated carbocycles. The topological polar surface area (TPSA) is 38.9 Å². The van der Waals surface area contributed by atoms with Gasteiger partial charge in [-0.05, 0) is 42.7 Å². The molecule has 0 aliphatic heterocycles. The van der Waals surface area contributed by atoms with Gasteiger partial charge < -0.3 is 9.13 Å². The standard InChI is InChI=1S/C27H29N5/c1-2-10-23(11-3-1)20-30(16-8-18-31-21-28-24-12-4-6-14-26(24)31)17-9-19-32-22-29-25-13-5-7-15-27(25)32/h1-7,10-15,21-22H,8-9,16-20H2. The van der Waals surface area contributed by atoms with E-state index < -0.39 is 0 Å². The quantitative estimate of drug-likeness (QED) is 0.303. The van der Waals surface area contributed by atoms with Crippen LogP contribution in [0.2, 0.25) is 0 Å². The number of aryl methyl sites for hydroxylation is 2. The number of para-hydroxylation sites is 4. The molecule has 5 rings (SSSR count). The Morgan fingerprint density at radius 3 is 1.66 bits per heavy atom. The molecular formula is C27H29N5. The van der Waals surface area contributed by atoms with E-state index in [2.05, 4.69) is 90.7 Å². The molecule has 5 heteroatoms. The highest BCUT2D eigenvalue weighted by Gasteiger charge is 2.09. The number of fused-ring (bicyclic) bond motifs is 2. The van der Waals surface area contributed by atoms with Gasteiger partial charge in [-0.25, -0.2) is 9.97 Å². The second-order valence-corrected chi connectivity index (χ2v) is 8.32. The molecule has 5 nitrogen and oxygen atoms in total. The highest BCUT2D eigenvalue weighted by molar-refractivity contribution is 5.75. The number of nitrogens with zero attached hydrogens (tertiary/aromatic N) is 5. The molecule has 32 heavy (non-hydrogen) atoms. The summed E-state index contributed by atoms with van der Waals surface area (Å²) in [7, 11) is 0. The van der Waals surface area contributed by atoms with Gasteiger partial charge in [-0.3, -0.25) is 4.90 Å². The third-order valence-corrected chi connectivity index (χ3v) is 6.05. The van der Waals surface area contributed by atoms with Gasteiger partial charge in [0.15, 0.2) is 0 Å². The van der Waals surface area contributed by atoms with Gasteiger partial charge in [-0.1, -0.05) is 54.6 Å². The zero-order valence-electron chi connectivity index (χ0n) is 18.3. The lowest BCUT2D eigenvalue weighted by Crippen LogP contribution is -2.27. The van der Waals surface area contributed by atoms with Crippen molar-refractivity contribution in [2.24, 2.45) is 0 Å². The maximum absolute atomic E-state index is 4.53. The molecule has 2 aromatic heterocycles. The zero-order chi connectivity index (χ0) is 21.6. The van der Waals surface area contributed by atoms with E-state index in [0.29, 0.717) is 0 Å². The Labute approximate surface area is 189 Å². The van der Waals surface area contributed by atoms with E-state index in [4.69, 9.17) is 0 Å². The molecule has 0 unspecified atom stereocenters. The van der Waals surface area contributed by atoms with Gasteiger partial charge in [-0.15, -0.1) is 0 Å². The van der Waals surface area contributed by atoms with Gasteiger partial charge in [0.2, 0.25) is 0 Å². The number of hydrogen-bond acceptors (Lipinski definition) is 3. The second-order valence-electron chi connectivity index (χ2n) is 8.32. The van der Waals surface area contributed by atoms with Crippen LogP contribution in [0.15, 0.2) is 91.5 Å². The van der Waals surface area contributed by atoms with Crippen LogP contribution in [0.3, 0.4) is 0 Å². The average Bonchev–Trinajstić information content (AvgIpc) is 3.44. The van der Waals surface area contributed by atoms with Crippen LogP contribution in [0, 0.1) is 0 Å². The predicted molar refractivity (Wildman–Crippen MR) is 130 cm³/mol. The minimum absolute atomic E-state index is 0.982. The molecule has 5 aromatic rings. The molecule has 0 spiro atoms. The maximum Gasteiger partial charge on any atom is 0.0958 e. The highest BCUT2D eigenvalue weighted by atomic mass is 15.1. The van der Waals surface area contributed by atoms with E-state index in [-0.39, 0.29) is 0 Å². The van der Waals surface area contributed by atoms with Crippen LogP contribution in [-0.4, -0.2) is 37.1 Å². The molecule has 0 radical (unpaired) electrons. The Hall–Kier alpha value is -3.44. The van der Waals surface area contributed by atoms with E-state index >= 15 is 0 Å². The molecule has 0 N–H and O–H groups in total. The van der Waals surface area contributed by atoms with Crippen LogP contribution in [0.25, 0.3) is 22.1 Å². The number of rotatable bonds is 10. The van der Waals surface area contributed by atoms with Gasteiger partial charge in [0.25, 0.3) is 0 Å². The van der Waals surface area contributed by atoms with Crippen molar-refractivity contribution in [3.63, 3.8) is 0 Å². The van der Waals surface area contributed by atoms with Crippen molar-refractivity contribution in [3.05, 3.63) is 97.1 Å². The fourth-order valence-corrected chi connectivity index (χ4v) is 4.42. The van der Waals surface area contributed by atoms with Crippen molar-refractivity contribution >= 4 is 22.1 Å². The first kappa shape index (κ1) is 20.5. The van der Waals surface area contributed by atoms with Crippen LogP contribution in [0.1, 0.15) is 18.4 Å². The van der Waals surface area contributed by atoms with E-state index in [9.17, 15) is 0 Å². The molecule has 0 aliphatic carbocycles. The van der Waals surface area contributed by atoms with Crippen molar-refractivity contribution in [2.45, 2.75) is 32.5 Å². The first-order valence-corrected chi connectivity index (χ1v) is 11.4. The van der Waals surface area contributed by atoms with Crippen molar-refractivity contribution in [1.29, 1.82) is 0 Å². The van der Waals surface area contributed by atoms with Gasteiger partial charge in [0, 0.05) is 32.7 Å². The number of aromatic nitrogens is 4. The Balaban J connectivity index is 1.21. The third-order valence-electron chi connectivity index (χ3n) is 6.05. The summed E-state index contributed by atoms with van der Waals surface area (Å²) < 4.78 is 4.54. The summed E-state index contributed by atoms with van der Waals surface area (Å²) in [6.45, 7) is 5.07. The van der Waals surface area contributed by atoms with Crippen LogP contribution in [0.4, 0.5) is 0 Å². The van der Waals surface area contributed by atoms with Crippen molar-refractivity contribution < 1.29 is 0 Å². The van der Waals surface area contributed by atoms with Crippen molar-refractivity contribution in [3.8, 4) is 0 Å². The van der Waals surface area contributed by atoms with E-state index in [1.54, 1.807) is 0 Å². The molecule has 0 atom stereocenters. The maximum atomic E-state index is 4.53. The SMILES string of the molecule is c1ccc(CN(CCCn2cnc3ccccc32)CCCn2cnc3ccccc32)cc1. The fraction of sp³-hybridized carbons (Fsp3) is 0.259. The van der Waals surface area contributed by atoms with Crippen LogP contribution in [0.5, 0.6) is 0 Å². The van der Waals surface area contributed by atoms with Gasteiger partial charge in [0.1, 0.15) is 0 Å². The minimum Gasteiger partial charge on any atom is -0.331 e. The summed E-state index contributed by atoms with van der Waals surface area (Å²) in [6.07, 6.45) is 6.13. The van der Waals surface area contributed by atoms with Crippen molar-refractivity contribution in [1.82, 2.24) is 24.0 Å². The molecule has 3 aromatic carbocycles. The molecule has 0 fully saturated rings. The normalized spacial score (nSPS) is 11.7. The largest absolute Gasteiger partial charge is 0.331 e. The molecule has 0 saturated heterocycles. The van der Waals surface area contributed by atoms with E-state index in [1.807, 2.05) is 24.8 Å². The molecular weight excluding hydrogens is 394 g/mol. The lowest BCUT2D eigenvalue weighted by atomic mass is 10.2. The molecule has 0 aliphatic rings. The van der Waals surface area contributed by atoms with E-state index in [1.165, 1.54) is 16.6 Å². The molecule has 0 bridgehead atoms. The van der Waals surface area contributed by atoms with Crippen LogP contribution >= 0.6 is 0 Å². The monoisotopic (exact) mass is 423 g/mol. The van der Waals surface area contributed by atoms with E-state index in [0.717, 1.165) is 56.6 Å². The number of benzene rings is 3. The molecule has 0 amide bonds. The first-order chi connectivity index (χ1) is 15.9. The van der Waals surface area contributed by atoms with Crippen LogP contribution < -0.4 is 0 Å². The lowest BCUT2D eigenvalue weighted by Gasteiger charge is -2.23. The fourth-order valence-electron chi connectivity index (χ4n) is 4.42. The minimum atomic E-state index is 0.982. The number of hydrogen-bond donors (Lipinski definition) is 0. The predicted octanol–water partition coefficient (Wildman–Crippen LogP) is 5.37. The Bertz CT molecular complexity index is 1190. The van der Waals surface area contributed by atoms with Crippen molar-refractivity contribution in [2.75, 3.05) is 13.1 Å². The van der Waals surface area contributed by atoms with Gasteiger partial charge in [0.05, 0.1) is 34.7 Å². The Kier molecular flexibility index (Phi) is 6.26. The summed E-state index contributed by atoms with van der Waals surface area (Å²) in [5.74, 6) is 0. The highest BCUT2D eigenvalue weighted by Crippen LogP contribution is 2.15. The van der Waals surface area contributed by atoms with Gasteiger partial charge >= 0.3 is 0 Å². The summed E-state index contributed by atoms with van der Waals surface area (Å²) in [5, 5.41) is 0. The summed E-state index contributed by atoms with van der Waals surface area (Å²) in [4.78, 5) is 11.6. The van der Waals surface area contributed by atoms with Gasteiger partial charge in [-0.2, -0.15) is 0 Å². The lowest BCUT2D eigenvalue weighted by molar-refractivity contribution is 0.250. The number of imidazole rings is 2.